The van der Waals surface area contributed by atoms with Gasteiger partial charge in [-0.25, -0.2) is 0 Å². The number of nitrogens with zero attached hydrogens (tertiary/aromatic N) is 3. The molecule has 0 saturated carbocycles. The van der Waals surface area contributed by atoms with Crippen molar-refractivity contribution in [3.05, 3.63) is 54.2 Å². The van der Waals surface area contributed by atoms with Gasteiger partial charge in [-0.15, -0.1) is 10.2 Å². The third-order valence-electron chi connectivity index (χ3n) is 3.10. The summed E-state index contributed by atoms with van der Waals surface area (Å²) in [7, 11) is 0. The van der Waals surface area contributed by atoms with Crippen molar-refractivity contribution in [2.24, 2.45) is 0 Å². The van der Waals surface area contributed by atoms with Gasteiger partial charge in [0.25, 0.3) is 0 Å². The van der Waals surface area contributed by atoms with Crippen molar-refractivity contribution in [2.75, 3.05) is 5.75 Å². The van der Waals surface area contributed by atoms with Gasteiger partial charge in [-0.3, -0.25) is 4.79 Å². The van der Waals surface area contributed by atoms with Crippen LogP contribution in [0.3, 0.4) is 0 Å². The number of carbonyl (C=O) groups is 1. The van der Waals surface area contributed by atoms with E-state index in [4.69, 9.17) is 4.42 Å². The highest BCUT2D eigenvalue weighted by molar-refractivity contribution is 7.99. The quantitative estimate of drug-likeness (QED) is 0.528. The molecule has 3 rings (SSSR count). The molecule has 0 aliphatic carbocycles. The minimum absolute atomic E-state index is 0.0924. The summed E-state index contributed by atoms with van der Waals surface area (Å²) >= 11 is 1.22. The topological polar surface area (TPSA) is 101 Å². The van der Waals surface area contributed by atoms with Crippen LogP contribution in [0.1, 0.15) is 16.1 Å². The van der Waals surface area contributed by atoms with Crippen molar-refractivity contribution >= 4 is 17.5 Å². The fourth-order valence-electron chi connectivity index (χ4n) is 2.00. The van der Waals surface area contributed by atoms with E-state index < -0.39 is 0 Å². The van der Waals surface area contributed by atoms with Gasteiger partial charge in [0.15, 0.2) is 10.9 Å². The second kappa shape index (κ2) is 6.57. The Labute approximate surface area is 135 Å². The maximum atomic E-state index is 12.2. The second-order valence-corrected chi connectivity index (χ2v) is 5.68. The molecule has 0 unspecified atom stereocenters. The van der Waals surface area contributed by atoms with Gasteiger partial charge in [-0.2, -0.15) is 0 Å². The molecule has 2 heterocycles. The van der Waals surface area contributed by atoms with Crippen molar-refractivity contribution in [1.29, 1.82) is 0 Å². The molecule has 8 heteroatoms. The SMILES string of the molecule is O=C(CSc1nncn1Cc1ccco1)c1ccc(O)cc1O. The normalized spacial score (nSPS) is 10.8. The molecule has 0 spiro atoms. The average molecular weight is 331 g/mol. The van der Waals surface area contributed by atoms with Gasteiger partial charge in [0.2, 0.25) is 0 Å². The number of benzene rings is 1. The van der Waals surface area contributed by atoms with Crippen LogP contribution < -0.4 is 0 Å². The van der Waals surface area contributed by atoms with Crippen LogP contribution in [0.25, 0.3) is 0 Å². The molecule has 3 aromatic rings. The predicted octanol–water partition coefficient (Wildman–Crippen LogP) is 2.31. The summed E-state index contributed by atoms with van der Waals surface area (Å²) in [5, 5.41) is 27.4. The van der Waals surface area contributed by atoms with Crippen molar-refractivity contribution < 1.29 is 19.4 Å². The molecule has 2 aromatic heterocycles. The van der Waals surface area contributed by atoms with E-state index in [2.05, 4.69) is 10.2 Å². The summed E-state index contributed by atoms with van der Waals surface area (Å²) < 4.78 is 7.05. The largest absolute Gasteiger partial charge is 0.508 e. The van der Waals surface area contributed by atoms with E-state index in [-0.39, 0.29) is 28.6 Å². The molecule has 0 saturated heterocycles. The van der Waals surface area contributed by atoms with E-state index in [1.54, 1.807) is 23.2 Å². The zero-order valence-corrected chi connectivity index (χ0v) is 12.7. The van der Waals surface area contributed by atoms with Crippen molar-refractivity contribution in [3.63, 3.8) is 0 Å². The van der Waals surface area contributed by atoms with Crippen LogP contribution in [0.5, 0.6) is 11.5 Å². The zero-order valence-electron chi connectivity index (χ0n) is 11.9. The first-order chi connectivity index (χ1) is 11.1. The van der Waals surface area contributed by atoms with Crippen molar-refractivity contribution in [3.8, 4) is 11.5 Å². The van der Waals surface area contributed by atoms with Crippen molar-refractivity contribution in [2.45, 2.75) is 11.7 Å². The Bertz CT molecular complexity index is 814. The number of aromatic hydroxyl groups is 2. The van der Waals surface area contributed by atoms with Crippen LogP contribution in [0, 0.1) is 0 Å². The lowest BCUT2D eigenvalue weighted by atomic mass is 10.1. The van der Waals surface area contributed by atoms with Crippen LogP contribution in [0.15, 0.2) is 52.5 Å². The molecule has 0 radical (unpaired) electrons. The van der Waals surface area contributed by atoms with E-state index in [0.29, 0.717) is 11.7 Å². The first-order valence-electron chi connectivity index (χ1n) is 6.71. The maximum Gasteiger partial charge on any atom is 0.191 e. The minimum atomic E-state index is -0.264. The van der Waals surface area contributed by atoms with Gasteiger partial charge in [-0.1, -0.05) is 11.8 Å². The molecule has 23 heavy (non-hydrogen) atoms. The molecule has 0 bridgehead atoms. The smallest absolute Gasteiger partial charge is 0.191 e. The molecule has 0 fully saturated rings. The van der Waals surface area contributed by atoms with Crippen molar-refractivity contribution in [1.82, 2.24) is 14.8 Å². The van der Waals surface area contributed by atoms with Gasteiger partial charge >= 0.3 is 0 Å². The third kappa shape index (κ3) is 3.54. The van der Waals surface area contributed by atoms with Gasteiger partial charge in [0, 0.05) is 6.07 Å². The Morgan fingerprint density at radius 3 is 2.91 bits per heavy atom. The van der Waals surface area contributed by atoms with Gasteiger partial charge < -0.3 is 19.2 Å². The van der Waals surface area contributed by atoms with E-state index in [0.717, 1.165) is 11.8 Å². The molecular formula is C15H13N3O4S. The molecule has 7 nitrogen and oxygen atoms in total. The number of phenols is 2. The maximum absolute atomic E-state index is 12.2. The number of hydrogen-bond donors (Lipinski definition) is 2. The van der Waals surface area contributed by atoms with E-state index in [9.17, 15) is 15.0 Å². The summed E-state index contributed by atoms with van der Waals surface area (Å²) in [6.45, 7) is 0.473. The third-order valence-corrected chi connectivity index (χ3v) is 4.08. The van der Waals surface area contributed by atoms with Gasteiger partial charge in [0.1, 0.15) is 23.6 Å². The number of thioether (sulfide) groups is 1. The second-order valence-electron chi connectivity index (χ2n) is 4.73. The number of furan rings is 1. The van der Waals surface area contributed by atoms with Crippen LogP contribution in [0.2, 0.25) is 0 Å². The highest BCUT2D eigenvalue weighted by Gasteiger charge is 2.14. The molecule has 118 valence electrons. The Kier molecular flexibility index (Phi) is 4.33. The van der Waals surface area contributed by atoms with E-state index >= 15 is 0 Å². The number of phenolic OH excluding ortho intramolecular Hbond substituents is 2. The lowest BCUT2D eigenvalue weighted by Crippen LogP contribution is -2.05. The number of Topliss-reactive ketones (excluding diaryl/α,β-unsaturated/α-hetero) is 1. The lowest BCUT2D eigenvalue weighted by molar-refractivity contribution is 0.102. The summed E-state index contributed by atoms with van der Waals surface area (Å²) in [5.41, 5.74) is 0.160. The summed E-state index contributed by atoms with van der Waals surface area (Å²) in [6, 6.07) is 7.52. The molecule has 0 amide bonds. The van der Waals surface area contributed by atoms with Gasteiger partial charge in [-0.05, 0) is 24.3 Å². The number of ketones is 1. The number of hydrogen-bond acceptors (Lipinski definition) is 7. The van der Waals surface area contributed by atoms with Crippen LogP contribution in [-0.4, -0.2) is 36.5 Å². The molecule has 2 N–H and O–H groups in total. The Morgan fingerprint density at radius 2 is 2.17 bits per heavy atom. The highest BCUT2D eigenvalue weighted by atomic mass is 32.2. The first-order valence-corrected chi connectivity index (χ1v) is 7.70. The molecule has 1 aromatic carbocycles. The predicted molar refractivity (Wildman–Crippen MR) is 82.7 cm³/mol. The standard InChI is InChI=1S/C15H13N3O4S/c19-10-3-4-12(13(20)6-10)14(21)8-23-15-17-16-9-18(15)7-11-2-1-5-22-11/h1-6,9,19-20H,7-8H2. The fourth-order valence-corrected chi connectivity index (χ4v) is 2.80. The summed E-state index contributed by atoms with van der Waals surface area (Å²) in [5.74, 6) is 0.251. The summed E-state index contributed by atoms with van der Waals surface area (Å²) in [6.07, 6.45) is 3.15. The Balaban J connectivity index is 1.66. The van der Waals surface area contributed by atoms with Gasteiger partial charge in [0.05, 0.1) is 24.1 Å². The minimum Gasteiger partial charge on any atom is -0.508 e. The first kappa shape index (κ1) is 15.2. The Morgan fingerprint density at radius 1 is 1.30 bits per heavy atom. The Hall–Kier alpha value is -2.74. The highest BCUT2D eigenvalue weighted by Crippen LogP contribution is 2.25. The van der Waals surface area contributed by atoms with E-state index in [1.807, 2.05) is 6.07 Å². The monoisotopic (exact) mass is 331 g/mol. The van der Waals surface area contributed by atoms with E-state index in [1.165, 1.54) is 23.9 Å². The van der Waals surface area contributed by atoms with Crippen LogP contribution in [-0.2, 0) is 6.54 Å². The average Bonchev–Trinajstić information content (AvgIpc) is 3.17. The number of carbonyl (C=O) groups excluding carboxylic acids is 1. The molecule has 0 aliphatic heterocycles. The lowest BCUT2D eigenvalue weighted by Gasteiger charge is -2.05. The van der Waals surface area contributed by atoms with Crippen LogP contribution in [0.4, 0.5) is 0 Å². The number of rotatable bonds is 6. The fraction of sp³-hybridized carbons (Fsp3) is 0.133. The molecular weight excluding hydrogens is 318 g/mol. The number of aromatic nitrogens is 3. The zero-order chi connectivity index (χ0) is 16.2. The molecule has 0 aliphatic rings. The summed E-state index contributed by atoms with van der Waals surface area (Å²) in [4.78, 5) is 12.2. The molecule has 0 atom stereocenters. The van der Waals surface area contributed by atoms with Crippen LogP contribution >= 0.6 is 11.8 Å².